The van der Waals surface area contributed by atoms with Gasteiger partial charge in [0.15, 0.2) is 0 Å². The molecule has 0 aliphatic carbocycles. The second kappa shape index (κ2) is 5.06. The maximum atomic E-state index is 9.04. The molecule has 0 bridgehead atoms. The summed E-state index contributed by atoms with van der Waals surface area (Å²) in [6.07, 6.45) is 3.02. The molecular formula is C16H17N5. The minimum absolute atomic E-state index is 0.637. The first-order chi connectivity index (χ1) is 10.1. The Bertz CT molecular complexity index is 848. The molecule has 0 radical (unpaired) electrons. The van der Waals surface area contributed by atoms with Gasteiger partial charge in [-0.2, -0.15) is 10.4 Å². The Morgan fingerprint density at radius 3 is 2.76 bits per heavy atom. The fourth-order valence-electron chi connectivity index (χ4n) is 2.67. The molecule has 2 heterocycles. The summed E-state index contributed by atoms with van der Waals surface area (Å²) in [5.41, 5.74) is 4.57. The first-order valence-electron chi connectivity index (χ1n) is 7.05. The van der Waals surface area contributed by atoms with Crippen LogP contribution in [0.5, 0.6) is 0 Å². The molecule has 106 valence electrons. The Labute approximate surface area is 123 Å². The predicted molar refractivity (Wildman–Crippen MR) is 81.7 cm³/mol. The number of nitriles is 1. The van der Waals surface area contributed by atoms with Gasteiger partial charge in [-0.1, -0.05) is 6.92 Å². The molecule has 0 aliphatic heterocycles. The Kier molecular flexibility index (Phi) is 3.22. The lowest BCUT2D eigenvalue weighted by Crippen LogP contribution is -2.00. The molecule has 0 spiro atoms. The van der Waals surface area contributed by atoms with Crippen LogP contribution < -0.4 is 0 Å². The maximum absolute atomic E-state index is 9.04. The van der Waals surface area contributed by atoms with Gasteiger partial charge in [-0.15, -0.1) is 0 Å². The topological polar surface area (TPSA) is 59.4 Å². The van der Waals surface area contributed by atoms with Crippen LogP contribution in [0.4, 0.5) is 0 Å². The zero-order valence-electron chi connectivity index (χ0n) is 12.5. The highest BCUT2D eigenvalue weighted by Crippen LogP contribution is 2.27. The summed E-state index contributed by atoms with van der Waals surface area (Å²) in [5.74, 6) is 0.924. The first-order valence-corrected chi connectivity index (χ1v) is 7.05. The molecule has 0 saturated heterocycles. The molecule has 5 heteroatoms. The van der Waals surface area contributed by atoms with Crippen molar-refractivity contribution >= 4 is 11.0 Å². The molecule has 1 aromatic carbocycles. The molecule has 3 aromatic rings. The van der Waals surface area contributed by atoms with Gasteiger partial charge >= 0.3 is 0 Å². The van der Waals surface area contributed by atoms with Crippen LogP contribution in [-0.4, -0.2) is 19.3 Å². The van der Waals surface area contributed by atoms with Crippen LogP contribution in [0.25, 0.3) is 22.4 Å². The van der Waals surface area contributed by atoms with Gasteiger partial charge in [-0.3, -0.25) is 4.68 Å². The summed E-state index contributed by atoms with van der Waals surface area (Å²) in [6.45, 7) is 5.03. The number of hydrogen-bond donors (Lipinski definition) is 0. The molecule has 0 unspecified atom stereocenters. The molecule has 0 N–H and O–H groups in total. The van der Waals surface area contributed by atoms with Crippen molar-refractivity contribution in [1.82, 2.24) is 19.3 Å². The summed E-state index contributed by atoms with van der Waals surface area (Å²) in [6, 6.07) is 7.83. The van der Waals surface area contributed by atoms with E-state index in [1.807, 2.05) is 38.4 Å². The second-order valence-electron chi connectivity index (χ2n) is 5.20. The first kappa shape index (κ1) is 13.4. The summed E-state index contributed by atoms with van der Waals surface area (Å²) in [7, 11) is 1.91. The highest BCUT2D eigenvalue weighted by molar-refractivity contribution is 5.82. The van der Waals surface area contributed by atoms with E-state index in [2.05, 4.69) is 22.7 Å². The summed E-state index contributed by atoms with van der Waals surface area (Å²) >= 11 is 0. The van der Waals surface area contributed by atoms with Gasteiger partial charge in [0.05, 0.1) is 33.9 Å². The highest BCUT2D eigenvalue weighted by Gasteiger charge is 2.16. The third-order valence-electron chi connectivity index (χ3n) is 3.58. The third-order valence-corrected chi connectivity index (χ3v) is 3.58. The van der Waals surface area contributed by atoms with Crippen molar-refractivity contribution in [3.8, 4) is 17.5 Å². The standard InChI is InChI=1S/C16H17N5/c1-4-7-21-15-6-5-12(9-17)8-14(15)18-16(21)13-10-20(3)19-11(13)2/h5-6,8,10H,4,7H2,1-3H3. The van der Waals surface area contributed by atoms with Crippen molar-refractivity contribution < 1.29 is 0 Å². The minimum Gasteiger partial charge on any atom is -0.324 e. The van der Waals surface area contributed by atoms with Crippen LogP contribution in [0.15, 0.2) is 24.4 Å². The van der Waals surface area contributed by atoms with Gasteiger partial charge in [0, 0.05) is 19.8 Å². The molecule has 2 aromatic heterocycles. The molecule has 0 fully saturated rings. The van der Waals surface area contributed by atoms with Crippen molar-refractivity contribution in [1.29, 1.82) is 5.26 Å². The number of hydrogen-bond acceptors (Lipinski definition) is 3. The van der Waals surface area contributed by atoms with Crippen LogP contribution in [0.1, 0.15) is 24.6 Å². The van der Waals surface area contributed by atoms with E-state index in [1.165, 1.54) is 0 Å². The summed E-state index contributed by atoms with van der Waals surface area (Å²) < 4.78 is 4.02. The van der Waals surface area contributed by atoms with Crippen LogP contribution in [0, 0.1) is 18.3 Å². The fraction of sp³-hybridized carbons (Fsp3) is 0.312. The summed E-state index contributed by atoms with van der Waals surface area (Å²) in [4.78, 5) is 4.74. The SMILES string of the molecule is CCCn1c(-c2cn(C)nc2C)nc2cc(C#N)ccc21. The quantitative estimate of drug-likeness (QED) is 0.740. The second-order valence-corrected chi connectivity index (χ2v) is 5.20. The Balaban J connectivity index is 2.28. The molecular weight excluding hydrogens is 262 g/mol. The summed E-state index contributed by atoms with van der Waals surface area (Å²) in [5, 5.41) is 13.4. The van der Waals surface area contributed by atoms with Gasteiger partial charge in [0.2, 0.25) is 0 Å². The van der Waals surface area contributed by atoms with Crippen molar-refractivity contribution in [3.05, 3.63) is 35.7 Å². The van der Waals surface area contributed by atoms with Gasteiger partial charge in [-0.05, 0) is 31.5 Å². The Morgan fingerprint density at radius 2 is 2.14 bits per heavy atom. The molecule has 5 nitrogen and oxygen atoms in total. The largest absolute Gasteiger partial charge is 0.324 e. The van der Waals surface area contributed by atoms with Gasteiger partial charge < -0.3 is 4.57 Å². The molecule has 0 atom stereocenters. The molecule has 0 aliphatic rings. The van der Waals surface area contributed by atoms with Crippen molar-refractivity contribution in [2.24, 2.45) is 7.05 Å². The van der Waals surface area contributed by atoms with Crippen molar-refractivity contribution in [2.75, 3.05) is 0 Å². The predicted octanol–water partition coefficient (Wildman–Crippen LogP) is 3.03. The maximum Gasteiger partial charge on any atom is 0.144 e. The van der Waals surface area contributed by atoms with Gasteiger partial charge in [0.25, 0.3) is 0 Å². The van der Waals surface area contributed by atoms with E-state index >= 15 is 0 Å². The Morgan fingerprint density at radius 1 is 1.33 bits per heavy atom. The highest BCUT2D eigenvalue weighted by atomic mass is 15.3. The normalized spacial score (nSPS) is 11.0. The van der Waals surface area contributed by atoms with E-state index in [1.54, 1.807) is 4.68 Å². The van der Waals surface area contributed by atoms with Crippen LogP contribution in [0.3, 0.4) is 0 Å². The Hall–Kier alpha value is -2.61. The molecule has 3 rings (SSSR count). The van der Waals surface area contributed by atoms with E-state index in [0.717, 1.165) is 41.1 Å². The van der Waals surface area contributed by atoms with E-state index in [-0.39, 0.29) is 0 Å². The average Bonchev–Trinajstić information content (AvgIpc) is 2.99. The van der Waals surface area contributed by atoms with E-state index in [0.29, 0.717) is 5.56 Å². The minimum atomic E-state index is 0.637. The third kappa shape index (κ3) is 2.19. The average molecular weight is 279 g/mol. The molecule has 0 saturated carbocycles. The smallest absolute Gasteiger partial charge is 0.144 e. The van der Waals surface area contributed by atoms with Crippen molar-refractivity contribution in [3.63, 3.8) is 0 Å². The van der Waals surface area contributed by atoms with Crippen LogP contribution in [-0.2, 0) is 13.6 Å². The number of aryl methyl sites for hydroxylation is 3. The number of nitrogens with zero attached hydrogens (tertiary/aromatic N) is 5. The number of benzene rings is 1. The fourth-order valence-corrected chi connectivity index (χ4v) is 2.67. The van der Waals surface area contributed by atoms with Gasteiger partial charge in [0.1, 0.15) is 5.82 Å². The van der Waals surface area contributed by atoms with Gasteiger partial charge in [-0.25, -0.2) is 4.98 Å². The lowest BCUT2D eigenvalue weighted by molar-refractivity contribution is 0.704. The number of rotatable bonds is 3. The number of fused-ring (bicyclic) bond motifs is 1. The van der Waals surface area contributed by atoms with E-state index in [4.69, 9.17) is 10.2 Å². The van der Waals surface area contributed by atoms with Crippen molar-refractivity contribution in [2.45, 2.75) is 26.8 Å². The lowest BCUT2D eigenvalue weighted by atomic mass is 10.2. The number of aromatic nitrogens is 4. The lowest BCUT2D eigenvalue weighted by Gasteiger charge is -2.06. The van der Waals surface area contributed by atoms with Crippen LogP contribution in [0.2, 0.25) is 0 Å². The number of imidazole rings is 1. The molecule has 0 amide bonds. The molecule has 21 heavy (non-hydrogen) atoms. The van der Waals surface area contributed by atoms with Crippen LogP contribution >= 0.6 is 0 Å². The zero-order valence-corrected chi connectivity index (χ0v) is 12.5. The zero-order chi connectivity index (χ0) is 15.0. The van der Waals surface area contributed by atoms with E-state index in [9.17, 15) is 0 Å². The van der Waals surface area contributed by atoms with E-state index < -0.39 is 0 Å². The monoisotopic (exact) mass is 279 g/mol.